The predicted octanol–water partition coefficient (Wildman–Crippen LogP) is 5.22. The fraction of sp³-hybridized carbons (Fsp3) is 0.300. The Morgan fingerprint density at radius 2 is 1.31 bits per heavy atom. The highest BCUT2D eigenvalue weighted by molar-refractivity contribution is 6.11. The lowest BCUT2D eigenvalue weighted by molar-refractivity contribution is -0.147. The van der Waals surface area contributed by atoms with Gasteiger partial charge in [0.1, 0.15) is 11.9 Å². The summed E-state index contributed by atoms with van der Waals surface area (Å²) in [6.07, 6.45) is 1.91. The van der Waals surface area contributed by atoms with Crippen LogP contribution in [0.5, 0.6) is 0 Å². The fourth-order valence-electron chi connectivity index (χ4n) is 6.54. The van der Waals surface area contributed by atoms with Crippen molar-refractivity contribution in [2.45, 2.75) is 44.1 Å². The van der Waals surface area contributed by atoms with E-state index in [0.29, 0.717) is 18.5 Å². The Kier molecular flexibility index (Phi) is 5.47. The number of anilines is 1. The molecule has 3 amide bonds. The van der Waals surface area contributed by atoms with Crippen molar-refractivity contribution in [3.63, 3.8) is 0 Å². The van der Waals surface area contributed by atoms with E-state index in [-0.39, 0.29) is 23.7 Å². The maximum Gasteiger partial charge on any atom is 0.247 e. The first kappa shape index (κ1) is 22.7. The number of rotatable bonds is 6. The van der Waals surface area contributed by atoms with Crippen LogP contribution in [0.2, 0.25) is 0 Å². The molecule has 36 heavy (non-hydrogen) atoms. The van der Waals surface area contributed by atoms with Gasteiger partial charge in [-0.15, -0.1) is 0 Å². The van der Waals surface area contributed by atoms with Crippen LogP contribution >= 0.6 is 0 Å². The third-order valence-electron chi connectivity index (χ3n) is 8.04. The summed E-state index contributed by atoms with van der Waals surface area (Å²) in [4.78, 5) is 42.8. The van der Waals surface area contributed by atoms with Crippen LogP contribution in [0.3, 0.4) is 0 Å². The normalized spacial score (nSPS) is 24.2. The van der Waals surface area contributed by atoms with Gasteiger partial charge in [0.05, 0.1) is 11.8 Å². The zero-order valence-electron chi connectivity index (χ0n) is 20.0. The van der Waals surface area contributed by atoms with Gasteiger partial charge in [-0.2, -0.15) is 0 Å². The summed E-state index contributed by atoms with van der Waals surface area (Å²) in [6, 6.07) is 20.8. The molecule has 5 nitrogen and oxygen atoms in total. The van der Waals surface area contributed by atoms with Gasteiger partial charge in [0.2, 0.25) is 17.7 Å². The summed E-state index contributed by atoms with van der Waals surface area (Å²) < 4.78 is 13.4. The number of nitrogens with one attached hydrogen (secondary N) is 1. The fourth-order valence-corrected chi connectivity index (χ4v) is 6.54. The van der Waals surface area contributed by atoms with Gasteiger partial charge in [-0.25, -0.2) is 4.39 Å². The molecule has 1 aliphatic heterocycles. The van der Waals surface area contributed by atoms with E-state index < -0.39 is 29.6 Å². The Balaban J connectivity index is 1.39. The Morgan fingerprint density at radius 3 is 1.75 bits per heavy atom. The van der Waals surface area contributed by atoms with Crippen molar-refractivity contribution in [2.24, 2.45) is 11.8 Å². The average molecular weight is 483 g/mol. The molecule has 3 aromatic rings. The topological polar surface area (TPSA) is 66.5 Å². The summed E-state index contributed by atoms with van der Waals surface area (Å²) >= 11 is 0. The number of halogens is 1. The number of hydrogen-bond donors (Lipinski definition) is 1. The second-order valence-corrected chi connectivity index (χ2v) is 9.97. The van der Waals surface area contributed by atoms with Crippen LogP contribution in [0.1, 0.15) is 60.3 Å². The molecule has 1 heterocycles. The molecule has 3 aromatic carbocycles. The van der Waals surface area contributed by atoms with Gasteiger partial charge in [-0.3, -0.25) is 19.3 Å². The molecule has 1 saturated heterocycles. The highest BCUT2D eigenvalue weighted by atomic mass is 19.1. The SMILES string of the molecule is CCCCC(C(=O)Nc1ccc(F)cc1)N1C(=O)C2C3c4ccccc4C(c4ccccc43)C2C1=O. The Morgan fingerprint density at radius 1 is 0.833 bits per heavy atom. The Bertz CT molecular complexity index is 1250. The standard InChI is InChI=1S/C30H27FN2O3/c1-2-3-12-23(28(34)32-18-15-13-17(31)14-16-18)33-29(35)26-24-19-8-4-5-9-20(19)25(27(26)30(33)36)22-11-7-6-10-21(22)24/h4-11,13-16,23-27H,2-3,12H2,1H3,(H,32,34). The van der Waals surface area contributed by atoms with Crippen LogP contribution in [-0.4, -0.2) is 28.7 Å². The molecule has 2 bridgehead atoms. The molecule has 4 aliphatic rings. The van der Waals surface area contributed by atoms with E-state index in [0.717, 1.165) is 28.7 Å². The maximum atomic E-state index is 14.0. The second kappa shape index (κ2) is 8.70. The first-order valence-electron chi connectivity index (χ1n) is 12.6. The number of imide groups is 1. The predicted molar refractivity (Wildman–Crippen MR) is 134 cm³/mol. The van der Waals surface area contributed by atoms with Gasteiger partial charge in [-0.1, -0.05) is 68.3 Å². The number of nitrogens with zero attached hydrogens (tertiary/aromatic N) is 1. The Labute approximate surface area is 209 Å². The molecule has 3 atom stereocenters. The first-order valence-corrected chi connectivity index (χ1v) is 12.6. The molecular weight excluding hydrogens is 455 g/mol. The minimum atomic E-state index is -0.911. The molecule has 0 aromatic heterocycles. The third kappa shape index (κ3) is 3.31. The van der Waals surface area contributed by atoms with Crippen molar-refractivity contribution in [1.29, 1.82) is 0 Å². The van der Waals surface area contributed by atoms with Crippen molar-refractivity contribution in [3.05, 3.63) is 101 Å². The largest absolute Gasteiger partial charge is 0.324 e. The molecule has 3 aliphatic carbocycles. The minimum absolute atomic E-state index is 0.208. The summed E-state index contributed by atoms with van der Waals surface area (Å²) in [6.45, 7) is 2.01. The smallest absolute Gasteiger partial charge is 0.247 e. The van der Waals surface area contributed by atoms with E-state index in [9.17, 15) is 18.8 Å². The molecule has 0 radical (unpaired) electrons. The number of carbonyl (C=O) groups excluding carboxylic acids is 3. The first-order chi connectivity index (χ1) is 17.5. The summed E-state index contributed by atoms with van der Waals surface area (Å²) in [5.74, 6) is -2.80. The zero-order chi connectivity index (χ0) is 25.0. The molecule has 182 valence electrons. The van der Waals surface area contributed by atoms with Crippen LogP contribution in [0.4, 0.5) is 10.1 Å². The number of carbonyl (C=O) groups is 3. The minimum Gasteiger partial charge on any atom is -0.324 e. The lowest BCUT2D eigenvalue weighted by atomic mass is 9.55. The van der Waals surface area contributed by atoms with Crippen molar-refractivity contribution < 1.29 is 18.8 Å². The van der Waals surface area contributed by atoms with Crippen LogP contribution in [-0.2, 0) is 14.4 Å². The van der Waals surface area contributed by atoms with Gasteiger partial charge < -0.3 is 5.32 Å². The molecule has 0 spiro atoms. The molecule has 1 N–H and O–H groups in total. The average Bonchev–Trinajstić information content (AvgIpc) is 3.16. The van der Waals surface area contributed by atoms with Crippen LogP contribution < -0.4 is 5.32 Å². The number of unbranched alkanes of at least 4 members (excludes halogenated alkanes) is 1. The van der Waals surface area contributed by atoms with Gasteiger partial charge in [-0.05, 0) is 52.9 Å². The van der Waals surface area contributed by atoms with Gasteiger partial charge >= 0.3 is 0 Å². The summed E-state index contributed by atoms with van der Waals surface area (Å²) in [5.41, 5.74) is 4.84. The van der Waals surface area contributed by atoms with E-state index in [4.69, 9.17) is 0 Å². The van der Waals surface area contributed by atoms with Crippen LogP contribution in [0, 0.1) is 17.7 Å². The van der Waals surface area contributed by atoms with Crippen molar-refractivity contribution >= 4 is 23.4 Å². The van der Waals surface area contributed by atoms with Crippen molar-refractivity contribution in [1.82, 2.24) is 4.90 Å². The zero-order valence-corrected chi connectivity index (χ0v) is 20.0. The molecule has 7 rings (SSSR count). The summed E-state index contributed by atoms with van der Waals surface area (Å²) in [5, 5.41) is 2.80. The highest BCUT2D eigenvalue weighted by Crippen LogP contribution is 2.61. The number of amides is 3. The number of likely N-dealkylation sites (tertiary alicyclic amines) is 1. The third-order valence-corrected chi connectivity index (χ3v) is 8.04. The number of hydrogen-bond acceptors (Lipinski definition) is 3. The van der Waals surface area contributed by atoms with Gasteiger partial charge in [0.15, 0.2) is 0 Å². The van der Waals surface area contributed by atoms with E-state index in [1.54, 1.807) is 0 Å². The monoisotopic (exact) mass is 482 g/mol. The molecule has 0 saturated carbocycles. The van der Waals surface area contributed by atoms with E-state index >= 15 is 0 Å². The summed E-state index contributed by atoms with van der Waals surface area (Å²) in [7, 11) is 0. The molecule has 6 heteroatoms. The van der Waals surface area contributed by atoms with Gasteiger partial charge in [0.25, 0.3) is 0 Å². The second-order valence-electron chi connectivity index (χ2n) is 9.97. The van der Waals surface area contributed by atoms with E-state index in [1.807, 2.05) is 31.2 Å². The molecular formula is C30H27FN2O3. The lowest BCUT2D eigenvalue weighted by Gasteiger charge is -2.45. The quantitative estimate of drug-likeness (QED) is 0.490. The van der Waals surface area contributed by atoms with Crippen molar-refractivity contribution in [3.8, 4) is 0 Å². The van der Waals surface area contributed by atoms with Crippen molar-refractivity contribution in [2.75, 3.05) is 5.32 Å². The van der Waals surface area contributed by atoms with Crippen LogP contribution in [0.25, 0.3) is 0 Å². The Hall–Kier alpha value is -3.80. The van der Waals surface area contributed by atoms with Crippen LogP contribution in [0.15, 0.2) is 72.8 Å². The molecule has 1 fully saturated rings. The highest BCUT2D eigenvalue weighted by Gasteiger charge is 2.62. The number of benzene rings is 3. The van der Waals surface area contributed by atoms with E-state index in [2.05, 4.69) is 29.6 Å². The molecule has 3 unspecified atom stereocenters. The van der Waals surface area contributed by atoms with Gasteiger partial charge in [0, 0.05) is 17.5 Å². The maximum absolute atomic E-state index is 14.0. The lowest BCUT2D eigenvalue weighted by Crippen LogP contribution is -2.48. The van der Waals surface area contributed by atoms with E-state index in [1.165, 1.54) is 29.2 Å².